The predicted molar refractivity (Wildman–Crippen MR) is 116 cm³/mol. The van der Waals surface area contributed by atoms with E-state index in [-0.39, 0.29) is 12.1 Å². The molecule has 1 unspecified atom stereocenters. The first kappa shape index (κ1) is 18.9. The third-order valence-corrected chi connectivity index (χ3v) is 5.14. The van der Waals surface area contributed by atoms with Crippen molar-refractivity contribution in [3.63, 3.8) is 0 Å². The zero-order chi connectivity index (χ0) is 20.1. The van der Waals surface area contributed by atoms with Crippen LogP contribution in [-0.2, 0) is 6.54 Å². The summed E-state index contributed by atoms with van der Waals surface area (Å²) < 4.78 is 5.30. The summed E-state index contributed by atoms with van der Waals surface area (Å²) in [6.45, 7) is 1.93. The van der Waals surface area contributed by atoms with Gasteiger partial charge in [0.25, 0.3) is 0 Å². The SMILES string of the molecule is COc1cccc(NCC2CN(Cc3ccccc3)C(=O)N2c2ccccc2)c1. The molecule has 2 amide bonds. The molecule has 1 atom stereocenters. The number of nitrogens with zero attached hydrogens (tertiary/aromatic N) is 2. The van der Waals surface area contributed by atoms with Gasteiger partial charge in [-0.25, -0.2) is 4.79 Å². The Bertz CT molecular complexity index is 947. The van der Waals surface area contributed by atoms with E-state index < -0.39 is 0 Å². The van der Waals surface area contributed by atoms with Crippen LogP contribution in [0.15, 0.2) is 84.9 Å². The molecule has 0 saturated carbocycles. The number of nitrogens with one attached hydrogen (secondary N) is 1. The number of ether oxygens (including phenoxy) is 1. The number of carbonyl (C=O) groups is 1. The largest absolute Gasteiger partial charge is 0.497 e. The molecule has 1 saturated heterocycles. The van der Waals surface area contributed by atoms with Crippen molar-refractivity contribution in [2.75, 3.05) is 30.4 Å². The van der Waals surface area contributed by atoms with Gasteiger partial charge in [-0.05, 0) is 29.8 Å². The Balaban J connectivity index is 1.53. The Morgan fingerprint density at radius 2 is 1.69 bits per heavy atom. The van der Waals surface area contributed by atoms with Crippen molar-refractivity contribution < 1.29 is 9.53 Å². The van der Waals surface area contributed by atoms with Crippen LogP contribution in [0.2, 0.25) is 0 Å². The van der Waals surface area contributed by atoms with Crippen molar-refractivity contribution in [2.45, 2.75) is 12.6 Å². The number of carbonyl (C=O) groups excluding carboxylic acids is 1. The Morgan fingerprint density at radius 3 is 2.41 bits per heavy atom. The number of hydrogen-bond acceptors (Lipinski definition) is 3. The molecular formula is C24H25N3O2. The molecule has 0 aromatic heterocycles. The van der Waals surface area contributed by atoms with Crippen molar-refractivity contribution >= 4 is 17.4 Å². The third kappa shape index (κ3) is 4.35. The summed E-state index contributed by atoms with van der Waals surface area (Å²) in [4.78, 5) is 17.1. The van der Waals surface area contributed by atoms with E-state index in [1.165, 1.54) is 0 Å². The number of urea groups is 1. The molecule has 1 aliphatic rings. The number of methoxy groups -OCH3 is 1. The van der Waals surface area contributed by atoms with Gasteiger partial charge in [-0.2, -0.15) is 0 Å². The van der Waals surface area contributed by atoms with Crippen LogP contribution in [0.3, 0.4) is 0 Å². The van der Waals surface area contributed by atoms with Crippen LogP contribution in [0.5, 0.6) is 5.75 Å². The summed E-state index contributed by atoms with van der Waals surface area (Å²) in [5.41, 5.74) is 3.03. The summed E-state index contributed by atoms with van der Waals surface area (Å²) in [5.74, 6) is 0.808. The van der Waals surface area contributed by atoms with Crippen molar-refractivity contribution in [3.8, 4) is 5.75 Å². The van der Waals surface area contributed by atoms with Gasteiger partial charge in [0.1, 0.15) is 5.75 Å². The Kier molecular flexibility index (Phi) is 5.66. The second-order valence-corrected chi connectivity index (χ2v) is 7.12. The van der Waals surface area contributed by atoms with Crippen molar-refractivity contribution in [1.29, 1.82) is 0 Å². The fourth-order valence-electron chi connectivity index (χ4n) is 3.69. The molecule has 1 N–H and O–H groups in total. The number of amides is 2. The Labute approximate surface area is 171 Å². The van der Waals surface area contributed by atoms with E-state index in [4.69, 9.17) is 4.74 Å². The first-order chi connectivity index (χ1) is 14.2. The van der Waals surface area contributed by atoms with Gasteiger partial charge in [-0.3, -0.25) is 4.90 Å². The average molecular weight is 387 g/mol. The second kappa shape index (κ2) is 8.69. The summed E-state index contributed by atoms with van der Waals surface area (Å²) in [6.07, 6.45) is 0. The molecule has 5 heteroatoms. The molecule has 3 aromatic rings. The lowest BCUT2D eigenvalue weighted by Gasteiger charge is -2.24. The molecule has 4 rings (SSSR count). The highest BCUT2D eigenvalue weighted by molar-refractivity contribution is 5.95. The maximum absolute atomic E-state index is 13.2. The first-order valence-corrected chi connectivity index (χ1v) is 9.79. The van der Waals surface area contributed by atoms with E-state index >= 15 is 0 Å². The van der Waals surface area contributed by atoms with Gasteiger partial charge in [0.15, 0.2) is 0 Å². The molecule has 29 heavy (non-hydrogen) atoms. The van der Waals surface area contributed by atoms with Crippen LogP contribution in [-0.4, -0.2) is 37.2 Å². The minimum absolute atomic E-state index is 0.0276. The normalized spacial score (nSPS) is 16.2. The smallest absolute Gasteiger partial charge is 0.325 e. The Morgan fingerprint density at radius 1 is 0.966 bits per heavy atom. The average Bonchev–Trinajstić information content (AvgIpc) is 3.08. The van der Waals surface area contributed by atoms with Gasteiger partial charge >= 0.3 is 6.03 Å². The lowest BCUT2D eigenvalue weighted by Crippen LogP contribution is -2.38. The van der Waals surface area contributed by atoms with Gasteiger partial charge in [0.2, 0.25) is 0 Å². The minimum Gasteiger partial charge on any atom is -0.497 e. The number of para-hydroxylation sites is 1. The zero-order valence-electron chi connectivity index (χ0n) is 16.5. The molecule has 148 valence electrons. The highest BCUT2D eigenvalue weighted by Gasteiger charge is 2.37. The maximum atomic E-state index is 13.2. The van der Waals surface area contributed by atoms with Crippen LogP contribution < -0.4 is 15.0 Å². The summed E-state index contributed by atoms with van der Waals surface area (Å²) in [6, 6.07) is 27.9. The predicted octanol–water partition coefficient (Wildman–Crippen LogP) is 4.62. The fraction of sp³-hybridized carbons (Fsp3) is 0.208. The molecule has 0 bridgehead atoms. The number of benzene rings is 3. The molecule has 5 nitrogen and oxygen atoms in total. The molecule has 1 aliphatic heterocycles. The zero-order valence-corrected chi connectivity index (χ0v) is 16.5. The standard InChI is InChI=1S/C24H25N3O2/c1-29-23-14-8-11-20(15-23)25-16-22-18-26(17-19-9-4-2-5-10-19)24(28)27(22)21-12-6-3-7-13-21/h2-15,22,25H,16-18H2,1H3. The summed E-state index contributed by atoms with van der Waals surface area (Å²) >= 11 is 0. The molecule has 1 heterocycles. The number of anilines is 2. The topological polar surface area (TPSA) is 44.8 Å². The van der Waals surface area contributed by atoms with E-state index in [2.05, 4.69) is 17.4 Å². The molecular weight excluding hydrogens is 362 g/mol. The Hall–Kier alpha value is -3.47. The maximum Gasteiger partial charge on any atom is 0.325 e. The van der Waals surface area contributed by atoms with Crippen LogP contribution >= 0.6 is 0 Å². The van der Waals surface area contributed by atoms with Gasteiger partial charge in [0, 0.05) is 37.1 Å². The van der Waals surface area contributed by atoms with Crippen LogP contribution in [0, 0.1) is 0 Å². The molecule has 0 aliphatic carbocycles. The highest BCUT2D eigenvalue weighted by atomic mass is 16.5. The highest BCUT2D eigenvalue weighted by Crippen LogP contribution is 2.27. The lowest BCUT2D eigenvalue weighted by molar-refractivity contribution is 0.218. The van der Waals surface area contributed by atoms with Gasteiger partial charge < -0.3 is 15.0 Å². The molecule has 1 fully saturated rings. The molecule has 3 aromatic carbocycles. The summed E-state index contributed by atoms with van der Waals surface area (Å²) in [7, 11) is 1.66. The van der Waals surface area contributed by atoms with E-state index in [1.54, 1.807) is 7.11 Å². The van der Waals surface area contributed by atoms with E-state index in [0.717, 1.165) is 22.7 Å². The van der Waals surface area contributed by atoms with Crippen molar-refractivity contribution in [3.05, 3.63) is 90.5 Å². The fourth-order valence-corrected chi connectivity index (χ4v) is 3.69. The first-order valence-electron chi connectivity index (χ1n) is 9.79. The molecule has 0 radical (unpaired) electrons. The number of rotatable bonds is 7. The van der Waals surface area contributed by atoms with E-state index in [9.17, 15) is 4.79 Å². The number of hydrogen-bond donors (Lipinski definition) is 1. The quantitative estimate of drug-likeness (QED) is 0.643. The lowest BCUT2D eigenvalue weighted by atomic mass is 10.2. The minimum atomic E-state index is 0.0276. The van der Waals surface area contributed by atoms with E-state index in [0.29, 0.717) is 19.6 Å². The second-order valence-electron chi connectivity index (χ2n) is 7.12. The molecule has 0 spiro atoms. The third-order valence-electron chi connectivity index (χ3n) is 5.14. The summed E-state index contributed by atoms with van der Waals surface area (Å²) in [5, 5.41) is 3.47. The van der Waals surface area contributed by atoms with Crippen molar-refractivity contribution in [1.82, 2.24) is 4.90 Å². The van der Waals surface area contributed by atoms with E-state index in [1.807, 2.05) is 82.6 Å². The van der Waals surface area contributed by atoms with Crippen molar-refractivity contribution in [2.24, 2.45) is 0 Å². The van der Waals surface area contributed by atoms with Gasteiger partial charge in [-0.15, -0.1) is 0 Å². The van der Waals surface area contributed by atoms with Gasteiger partial charge in [-0.1, -0.05) is 54.6 Å². The monoisotopic (exact) mass is 387 g/mol. The van der Waals surface area contributed by atoms with Crippen LogP contribution in [0.4, 0.5) is 16.2 Å². The van der Waals surface area contributed by atoms with Crippen LogP contribution in [0.25, 0.3) is 0 Å². The van der Waals surface area contributed by atoms with Crippen LogP contribution in [0.1, 0.15) is 5.56 Å². The van der Waals surface area contributed by atoms with Gasteiger partial charge in [0.05, 0.1) is 13.2 Å².